The summed E-state index contributed by atoms with van der Waals surface area (Å²) < 4.78 is 21.0. The van der Waals surface area contributed by atoms with E-state index < -0.39 is 11.4 Å². The third kappa shape index (κ3) is 4.65. The van der Waals surface area contributed by atoms with E-state index in [-0.39, 0.29) is 28.8 Å². The number of hydrogen-bond donors (Lipinski definition) is 0. The number of fused-ring (bicyclic) bond motifs is 1. The number of halogens is 2. The van der Waals surface area contributed by atoms with Gasteiger partial charge in [-0.05, 0) is 60.5 Å². The van der Waals surface area contributed by atoms with Gasteiger partial charge in [0.15, 0.2) is 0 Å². The van der Waals surface area contributed by atoms with Crippen LogP contribution in [0.1, 0.15) is 16.7 Å². The van der Waals surface area contributed by atoms with Crippen LogP contribution in [0.5, 0.6) is 11.6 Å². The molecule has 180 valence electrons. The van der Waals surface area contributed by atoms with Crippen LogP contribution in [-0.2, 0) is 11.3 Å². The van der Waals surface area contributed by atoms with Crippen LogP contribution in [0, 0.1) is 12.7 Å². The van der Waals surface area contributed by atoms with Gasteiger partial charge in [0.05, 0.1) is 11.4 Å². The Balaban J connectivity index is 1.58. The fraction of sp³-hybridized carbons (Fsp3) is 0.0769. The lowest BCUT2D eigenvalue weighted by molar-refractivity contribution is -0.122. The maximum Gasteiger partial charge on any atom is 0.269 e. The molecule has 0 aliphatic carbocycles. The first-order valence-corrected chi connectivity index (χ1v) is 12.4. The minimum Gasteiger partial charge on any atom is -0.438 e. The van der Waals surface area contributed by atoms with Gasteiger partial charge in [0.2, 0.25) is 5.88 Å². The van der Waals surface area contributed by atoms with E-state index in [0.717, 1.165) is 22.9 Å². The molecule has 0 radical (unpaired) electrons. The summed E-state index contributed by atoms with van der Waals surface area (Å²) in [4.78, 5) is 33.0. The zero-order valence-electron chi connectivity index (χ0n) is 18.8. The summed E-state index contributed by atoms with van der Waals surface area (Å²) in [7, 11) is 0. The number of aromatic nitrogens is 2. The average Bonchev–Trinajstić information content (AvgIpc) is 3.12. The molecule has 0 atom stereocenters. The average molecular weight is 538 g/mol. The number of benzene rings is 2. The highest BCUT2D eigenvalue weighted by atomic mass is 35.5. The van der Waals surface area contributed by atoms with Gasteiger partial charge in [-0.2, -0.15) is 4.98 Å². The molecule has 5 rings (SSSR count). The number of hydrogen-bond acceptors (Lipinski definition) is 6. The van der Waals surface area contributed by atoms with E-state index in [4.69, 9.17) is 28.6 Å². The first-order chi connectivity index (χ1) is 17.3. The lowest BCUT2D eigenvalue weighted by Gasteiger charge is -2.15. The molecule has 1 amide bonds. The predicted molar refractivity (Wildman–Crippen MR) is 143 cm³/mol. The van der Waals surface area contributed by atoms with Crippen LogP contribution in [0.25, 0.3) is 11.7 Å². The topological polar surface area (TPSA) is 63.9 Å². The molecular weight excluding hydrogens is 521 g/mol. The lowest BCUT2D eigenvalue weighted by atomic mass is 10.2. The number of aryl methyl sites for hydroxylation is 1. The van der Waals surface area contributed by atoms with Crippen LogP contribution in [-0.4, -0.2) is 24.5 Å². The van der Waals surface area contributed by atoms with Crippen molar-refractivity contribution in [1.82, 2.24) is 14.3 Å². The number of nitrogens with zero attached hydrogens (tertiary/aromatic N) is 3. The van der Waals surface area contributed by atoms with E-state index in [2.05, 4.69) is 4.98 Å². The zero-order valence-corrected chi connectivity index (χ0v) is 21.2. The van der Waals surface area contributed by atoms with Gasteiger partial charge in [-0.1, -0.05) is 59.8 Å². The van der Waals surface area contributed by atoms with Crippen molar-refractivity contribution in [3.63, 3.8) is 0 Å². The Hall–Kier alpha value is -3.53. The number of thioether (sulfide) groups is 1. The Kier molecular flexibility index (Phi) is 6.61. The highest BCUT2D eigenvalue weighted by molar-refractivity contribution is 8.26. The number of pyridine rings is 1. The van der Waals surface area contributed by atoms with E-state index >= 15 is 0 Å². The van der Waals surface area contributed by atoms with Gasteiger partial charge in [0.25, 0.3) is 11.5 Å². The van der Waals surface area contributed by atoms with Crippen LogP contribution in [0.15, 0.2) is 76.6 Å². The van der Waals surface area contributed by atoms with Crippen molar-refractivity contribution in [2.24, 2.45) is 0 Å². The molecule has 1 aliphatic rings. The molecule has 1 saturated heterocycles. The highest BCUT2D eigenvalue weighted by Gasteiger charge is 2.33. The number of carbonyl (C=O) groups excluding carboxylic acids is 1. The van der Waals surface area contributed by atoms with E-state index in [1.54, 1.807) is 24.4 Å². The Labute approximate surface area is 220 Å². The molecule has 0 unspecified atom stereocenters. The monoisotopic (exact) mass is 537 g/mol. The molecule has 1 fully saturated rings. The molecule has 0 spiro atoms. The van der Waals surface area contributed by atoms with Gasteiger partial charge in [-0.15, -0.1) is 0 Å². The van der Waals surface area contributed by atoms with Crippen LogP contribution in [0.4, 0.5) is 4.39 Å². The fourth-order valence-corrected chi connectivity index (χ4v) is 5.10. The molecule has 0 N–H and O–H groups in total. The molecule has 6 nitrogen and oxygen atoms in total. The first-order valence-electron chi connectivity index (χ1n) is 10.8. The SMILES string of the molecule is Cc1cccn2c(=O)c(/C=C3/SC(=S)N(Cc4ccccc4Cl)C3=O)c(Oc3ccc(F)cc3)nc12. The lowest BCUT2D eigenvalue weighted by Crippen LogP contribution is -2.27. The number of amides is 1. The van der Waals surface area contributed by atoms with E-state index in [0.29, 0.717) is 20.7 Å². The summed E-state index contributed by atoms with van der Waals surface area (Å²) >= 11 is 12.8. The Morgan fingerprint density at radius 3 is 2.61 bits per heavy atom. The third-order valence-electron chi connectivity index (χ3n) is 5.51. The van der Waals surface area contributed by atoms with E-state index in [9.17, 15) is 14.0 Å². The normalized spacial score (nSPS) is 14.8. The quantitative estimate of drug-likeness (QED) is 0.230. The van der Waals surface area contributed by atoms with Gasteiger partial charge in [-0.25, -0.2) is 4.39 Å². The van der Waals surface area contributed by atoms with Crippen molar-refractivity contribution in [2.75, 3.05) is 0 Å². The number of thiocarbonyl (C=S) groups is 1. The Morgan fingerprint density at radius 2 is 1.86 bits per heavy atom. The molecule has 0 saturated carbocycles. The van der Waals surface area contributed by atoms with E-state index in [1.807, 2.05) is 25.1 Å². The summed E-state index contributed by atoms with van der Waals surface area (Å²) in [5.74, 6) is -0.488. The number of rotatable bonds is 5. The maximum atomic E-state index is 13.5. The van der Waals surface area contributed by atoms with Crippen LogP contribution >= 0.6 is 35.6 Å². The van der Waals surface area contributed by atoms with Crippen molar-refractivity contribution >= 4 is 57.5 Å². The molecule has 4 aromatic rings. The molecule has 2 aromatic heterocycles. The predicted octanol–water partition coefficient (Wildman–Crippen LogP) is 5.99. The minimum atomic E-state index is -0.424. The maximum absolute atomic E-state index is 13.5. The Bertz CT molecular complexity index is 1620. The highest BCUT2D eigenvalue weighted by Crippen LogP contribution is 2.35. The smallest absolute Gasteiger partial charge is 0.269 e. The van der Waals surface area contributed by atoms with Crippen molar-refractivity contribution in [2.45, 2.75) is 13.5 Å². The summed E-state index contributed by atoms with van der Waals surface area (Å²) in [6.07, 6.45) is 3.04. The van der Waals surface area contributed by atoms with Crippen molar-refractivity contribution in [3.8, 4) is 11.6 Å². The van der Waals surface area contributed by atoms with Gasteiger partial charge < -0.3 is 4.74 Å². The second-order valence-electron chi connectivity index (χ2n) is 7.94. The first kappa shape index (κ1) is 24.2. The molecule has 36 heavy (non-hydrogen) atoms. The standard InChI is InChI=1S/C26H17ClFN3O3S2/c1-15-5-4-12-30-22(15)29-23(34-18-10-8-17(28)9-11-18)19(24(30)32)13-21-25(33)31(26(35)36-21)14-16-6-2-3-7-20(16)27/h2-13H,14H2,1H3/b21-13+. The van der Waals surface area contributed by atoms with Crippen molar-refractivity contribution < 1.29 is 13.9 Å². The molecule has 0 bridgehead atoms. The summed E-state index contributed by atoms with van der Waals surface area (Å²) in [5.41, 5.74) is 1.57. The second kappa shape index (κ2) is 9.85. The number of carbonyl (C=O) groups is 1. The third-order valence-corrected chi connectivity index (χ3v) is 7.26. The molecule has 2 aromatic carbocycles. The van der Waals surface area contributed by atoms with Crippen LogP contribution < -0.4 is 10.3 Å². The second-order valence-corrected chi connectivity index (χ2v) is 10.0. The van der Waals surface area contributed by atoms with Crippen molar-refractivity contribution in [3.05, 3.63) is 110 Å². The zero-order chi connectivity index (χ0) is 25.4. The van der Waals surface area contributed by atoms with Crippen LogP contribution in [0.3, 0.4) is 0 Å². The number of ether oxygens (including phenoxy) is 1. The minimum absolute atomic E-state index is 0.00252. The van der Waals surface area contributed by atoms with Crippen molar-refractivity contribution in [1.29, 1.82) is 0 Å². The Morgan fingerprint density at radius 1 is 1.11 bits per heavy atom. The van der Waals surface area contributed by atoms with Gasteiger partial charge in [0, 0.05) is 11.2 Å². The fourth-order valence-electron chi connectivity index (χ4n) is 3.67. The molecular formula is C26H17ClFN3O3S2. The van der Waals surface area contributed by atoms with Gasteiger partial charge >= 0.3 is 0 Å². The largest absolute Gasteiger partial charge is 0.438 e. The molecule has 10 heteroatoms. The van der Waals surface area contributed by atoms with Gasteiger partial charge in [-0.3, -0.25) is 18.9 Å². The molecule has 1 aliphatic heterocycles. The van der Waals surface area contributed by atoms with Gasteiger partial charge in [0.1, 0.15) is 27.1 Å². The molecule has 3 heterocycles. The summed E-state index contributed by atoms with van der Waals surface area (Å²) in [6, 6.07) is 16.1. The summed E-state index contributed by atoms with van der Waals surface area (Å²) in [6.45, 7) is 2.03. The van der Waals surface area contributed by atoms with Crippen LogP contribution in [0.2, 0.25) is 5.02 Å². The summed E-state index contributed by atoms with van der Waals surface area (Å²) in [5, 5.41) is 0.526. The van der Waals surface area contributed by atoms with E-state index in [1.165, 1.54) is 39.6 Å².